The fraction of sp³-hybridized carbons (Fsp3) is 0.944. The molecule has 0 aliphatic rings. The number of ether oxygens (including phenoxy) is 1. The van der Waals surface area contributed by atoms with Gasteiger partial charge in [0.25, 0.3) is 0 Å². The number of phosphoric ester groups is 1. The number of aliphatic hydroxyl groups is 1. The van der Waals surface area contributed by atoms with E-state index in [-0.39, 0.29) is 12.8 Å². The van der Waals surface area contributed by atoms with E-state index in [2.05, 4.69) is 19.2 Å². The Morgan fingerprint density at radius 3 is 1.00 bits per heavy atom. The first-order valence-corrected chi connectivity index (χ1v) is 29.6. The summed E-state index contributed by atoms with van der Waals surface area (Å²) in [5.74, 6) is -2.34. The lowest BCUT2D eigenvalue weighted by atomic mass is 10.0. The van der Waals surface area contributed by atoms with Gasteiger partial charge in [-0.2, -0.15) is 0 Å². The summed E-state index contributed by atoms with van der Waals surface area (Å²) in [6.07, 6.45) is 52.8. The average Bonchev–Trinajstić information content (AvgIpc) is 3.29. The van der Waals surface area contributed by atoms with Crippen LogP contribution in [0.25, 0.3) is 0 Å². The van der Waals surface area contributed by atoms with E-state index >= 15 is 0 Å². The zero-order valence-electron chi connectivity index (χ0n) is 43.0. The summed E-state index contributed by atoms with van der Waals surface area (Å²) in [5.41, 5.74) is 0. The van der Waals surface area contributed by atoms with Gasteiger partial charge < -0.3 is 25.2 Å². The van der Waals surface area contributed by atoms with Crippen LogP contribution in [0.15, 0.2) is 0 Å². The Morgan fingerprint density at radius 2 is 0.697 bits per heavy atom. The second-order valence-corrected chi connectivity index (χ2v) is 21.0. The molecule has 0 spiro atoms. The van der Waals surface area contributed by atoms with E-state index in [1.807, 2.05) is 0 Å². The predicted molar refractivity (Wildman–Crippen MR) is 273 cm³/mol. The number of amides is 1. The third-order valence-corrected chi connectivity index (χ3v) is 13.8. The minimum atomic E-state index is -4.76. The van der Waals surface area contributed by atoms with E-state index < -0.39 is 57.6 Å². The summed E-state index contributed by atoms with van der Waals surface area (Å²) >= 11 is 0. The largest absolute Gasteiger partial charge is 0.480 e. The van der Waals surface area contributed by atoms with Crippen molar-refractivity contribution in [1.29, 1.82) is 0 Å². The highest BCUT2D eigenvalue weighted by Crippen LogP contribution is 2.43. The number of unbranched alkanes of at least 4 members (excludes halogenated alkanes) is 40. The standard InChI is InChI=1S/C54H106NO10P/c1-3-5-7-9-11-13-15-17-19-21-23-24-25-26-27-28-30-32-34-36-38-40-42-44-46-53(58)63-47-50(56)48-64-66(61,62)65-49-51(54(59)60)55-52(57)45-43-41-39-37-35-33-31-29-22-20-18-16-14-12-10-8-6-4-2/h50-51,56H,3-49H2,1-2H3,(H,55,57)(H,59,60)(H,61,62). The van der Waals surface area contributed by atoms with E-state index in [1.165, 1.54) is 218 Å². The van der Waals surface area contributed by atoms with Gasteiger partial charge in [-0.25, -0.2) is 9.36 Å². The second kappa shape index (κ2) is 49.9. The Balaban J connectivity index is 3.72. The molecule has 0 rings (SSSR count). The molecule has 0 radical (unpaired) electrons. The van der Waals surface area contributed by atoms with Gasteiger partial charge in [-0.3, -0.25) is 18.6 Å². The Kier molecular flexibility index (Phi) is 48.7. The topological polar surface area (TPSA) is 169 Å². The van der Waals surface area contributed by atoms with Crippen LogP contribution in [0.4, 0.5) is 0 Å². The van der Waals surface area contributed by atoms with E-state index in [9.17, 15) is 34.1 Å². The molecule has 0 saturated carbocycles. The normalized spacial score (nSPS) is 13.4. The number of phosphoric acid groups is 1. The molecule has 66 heavy (non-hydrogen) atoms. The van der Waals surface area contributed by atoms with Crippen molar-refractivity contribution in [2.75, 3.05) is 19.8 Å². The van der Waals surface area contributed by atoms with Gasteiger partial charge in [0.1, 0.15) is 12.7 Å². The highest BCUT2D eigenvalue weighted by Gasteiger charge is 2.28. The van der Waals surface area contributed by atoms with Gasteiger partial charge in [0.05, 0.1) is 13.2 Å². The van der Waals surface area contributed by atoms with Crippen molar-refractivity contribution < 1.29 is 47.8 Å². The van der Waals surface area contributed by atoms with E-state index in [0.717, 1.165) is 38.5 Å². The Hall–Kier alpha value is -1.52. The van der Waals surface area contributed by atoms with Crippen LogP contribution in [0.2, 0.25) is 0 Å². The lowest BCUT2D eigenvalue weighted by molar-refractivity contribution is -0.147. The Labute approximate surface area is 405 Å². The smallest absolute Gasteiger partial charge is 0.472 e. The quantitative estimate of drug-likeness (QED) is 0.0261. The zero-order valence-corrected chi connectivity index (χ0v) is 43.9. The van der Waals surface area contributed by atoms with E-state index in [4.69, 9.17) is 13.8 Å². The first-order valence-electron chi connectivity index (χ1n) is 28.1. The maximum absolute atomic E-state index is 12.4. The number of nitrogens with one attached hydrogen (secondary N) is 1. The highest BCUT2D eigenvalue weighted by atomic mass is 31.2. The number of carboxylic acids is 1. The molecule has 0 fully saturated rings. The average molecular weight is 960 g/mol. The van der Waals surface area contributed by atoms with Gasteiger partial charge in [-0.05, 0) is 12.8 Å². The molecule has 0 saturated heterocycles. The molecule has 392 valence electrons. The molecule has 0 aliphatic heterocycles. The summed E-state index contributed by atoms with van der Waals surface area (Å²) < 4.78 is 27.0. The van der Waals surface area contributed by atoms with Crippen LogP contribution < -0.4 is 5.32 Å². The number of carbonyl (C=O) groups is 3. The Bertz CT molecular complexity index is 1130. The van der Waals surface area contributed by atoms with Crippen LogP contribution in [-0.4, -0.2) is 64.9 Å². The molecule has 0 aromatic heterocycles. The molecular formula is C54H106NO10P. The zero-order chi connectivity index (χ0) is 48.4. The molecule has 0 heterocycles. The fourth-order valence-corrected chi connectivity index (χ4v) is 9.33. The number of aliphatic carboxylic acids is 1. The maximum Gasteiger partial charge on any atom is 0.472 e. The summed E-state index contributed by atoms with van der Waals surface area (Å²) in [5, 5.41) is 22.0. The summed E-state index contributed by atoms with van der Waals surface area (Å²) in [7, 11) is -4.76. The summed E-state index contributed by atoms with van der Waals surface area (Å²) in [6, 6.07) is -1.54. The van der Waals surface area contributed by atoms with Crippen molar-refractivity contribution in [1.82, 2.24) is 5.32 Å². The summed E-state index contributed by atoms with van der Waals surface area (Å²) in [4.78, 5) is 46.2. The molecule has 0 bridgehead atoms. The maximum atomic E-state index is 12.4. The number of esters is 1. The van der Waals surface area contributed by atoms with Gasteiger partial charge in [-0.15, -0.1) is 0 Å². The van der Waals surface area contributed by atoms with Crippen LogP contribution >= 0.6 is 7.82 Å². The Morgan fingerprint density at radius 1 is 0.424 bits per heavy atom. The third kappa shape index (κ3) is 48.9. The van der Waals surface area contributed by atoms with Crippen LogP contribution in [0.3, 0.4) is 0 Å². The molecular weight excluding hydrogens is 854 g/mol. The van der Waals surface area contributed by atoms with Gasteiger partial charge in [0.15, 0.2) is 6.04 Å². The molecule has 4 N–H and O–H groups in total. The minimum Gasteiger partial charge on any atom is -0.480 e. The van der Waals surface area contributed by atoms with Gasteiger partial charge in [0.2, 0.25) is 5.91 Å². The van der Waals surface area contributed by atoms with Crippen molar-refractivity contribution in [2.45, 2.75) is 309 Å². The highest BCUT2D eigenvalue weighted by molar-refractivity contribution is 7.47. The monoisotopic (exact) mass is 960 g/mol. The number of carbonyl (C=O) groups excluding carboxylic acids is 2. The van der Waals surface area contributed by atoms with Crippen LogP contribution in [-0.2, 0) is 32.7 Å². The van der Waals surface area contributed by atoms with E-state index in [1.54, 1.807) is 0 Å². The van der Waals surface area contributed by atoms with E-state index in [0.29, 0.717) is 12.8 Å². The lowest BCUT2D eigenvalue weighted by Crippen LogP contribution is -2.43. The molecule has 0 aromatic carbocycles. The number of hydrogen-bond donors (Lipinski definition) is 4. The van der Waals surface area contributed by atoms with Gasteiger partial charge in [-0.1, -0.05) is 271 Å². The third-order valence-electron chi connectivity index (χ3n) is 12.9. The molecule has 11 nitrogen and oxygen atoms in total. The molecule has 0 aromatic rings. The fourth-order valence-electron chi connectivity index (χ4n) is 8.56. The molecule has 12 heteroatoms. The van der Waals surface area contributed by atoms with Crippen molar-refractivity contribution in [3.63, 3.8) is 0 Å². The lowest BCUT2D eigenvalue weighted by Gasteiger charge is -2.18. The summed E-state index contributed by atoms with van der Waals surface area (Å²) in [6.45, 7) is 2.67. The number of hydrogen-bond acceptors (Lipinski definition) is 8. The first-order chi connectivity index (χ1) is 32.1. The molecule has 3 atom stereocenters. The molecule has 1 amide bonds. The van der Waals surface area contributed by atoms with Crippen molar-refractivity contribution in [3.05, 3.63) is 0 Å². The van der Waals surface area contributed by atoms with Gasteiger partial charge >= 0.3 is 19.8 Å². The molecule has 3 unspecified atom stereocenters. The van der Waals surface area contributed by atoms with Crippen molar-refractivity contribution >= 4 is 25.7 Å². The minimum absolute atomic E-state index is 0.153. The SMILES string of the molecule is CCCCCCCCCCCCCCCCCCCCCCCCCCC(=O)OCC(O)COP(=O)(O)OCC(NC(=O)CCCCCCCCCCCCCCCCCCCC)C(=O)O. The van der Waals surface area contributed by atoms with Crippen molar-refractivity contribution in [3.8, 4) is 0 Å². The van der Waals surface area contributed by atoms with Crippen molar-refractivity contribution in [2.24, 2.45) is 0 Å². The second-order valence-electron chi connectivity index (χ2n) is 19.5. The number of aliphatic hydroxyl groups excluding tert-OH is 1. The first kappa shape index (κ1) is 64.5. The van der Waals surface area contributed by atoms with Gasteiger partial charge in [0, 0.05) is 12.8 Å². The number of carboxylic acid groups (broad SMARTS) is 1. The van der Waals surface area contributed by atoms with Crippen LogP contribution in [0.5, 0.6) is 0 Å². The number of rotatable bonds is 54. The molecule has 0 aliphatic carbocycles. The van der Waals surface area contributed by atoms with Crippen LogP contribution in [0.1, 0.15) is 296 Å². The van der Waals surface area contributed by atoms with Crippen LogP contribution in [0, 0.1) is 0 Å². The predicted octanol–water partition coefficient (Wildman–Crippen LogP) is 15.8.